The Kier molecular flexibility index (Phi) is 16.2. The van der Waals surface area contributed by atoms with Crippen molar-refractivity contribution in [1.29, 1.82) is 0 Å². The standard InChI is InChI=1S/C57H80N10O6/c1-7-38-13-14-40(50(31-38)73-6)36-59-54(71)48-32-44(68)37-67(48)55(72)51(56(3,4)5)60-53(70)39-15-21-57(22-16-39)34-43(35-57)64-25-19-41(20-26-64)63-23-17-42(18-24-63)65-27-29-66(30-28-65)47-33-46(61-62-52(47)58-8-2)45-11-9-10-12-49(45)69/h1,9-14,31,33,39,41-44,48,51,68-69H,8,15-30,32,34-37H2,2-6H3,(H,58,62)(H,59,71)(H,60,70)/t39?,43?,44-,48+,51-,57?/m1/s1. The van der Waals surface area contributed by atoms with Crippen molar-refractivity contribution in [2.45, 2.75) is 141 Å². The van der Waals surface area contributed by atoms with Crippen LogP contribution < -0.4 is 25.6 Å². The minimum Gasteiger partial charge on any atom is -0.507 e. The van der Waals surface area contributed by atoms with Crippen molar-refractivity contribution in [2.75, 3.05) is 82.8 Å². The maximum absolute atomic E-state index is 14.3. The number of hydrogen-bond acceptors (Lipinski definition) is 13. The van der Waals surface area contributed by atoms with E-state index in [0.29, 0.717) is 46.1 Å². The molecule has 4 saturated heterocycles. The highest BCUT2D eigenvalue weighted by molar-refractivity contribution is 5.93. The van der Waals surface area contributed by atoms with Gasteiger partial charge in [0.05, 0.1) is 24.6 Å². The number of rotatable bonds is 14. The molecule has 2 aliphatic carbocycles. The molecule has 16 heteroatoms. The zero-order valence-corrected chi connectivity index (χ0v) is 44.0. The molecule has 1 aromatic heterocycles. The van der Waals surface area contributed by atoms with Crippen molar-refractivity contribution >= 4 is 29.2 Å². The van der Waals surface area contributed by atoms with Gasteiger partial charge < -0.3 is 50.5 Å². The van der Waals surface area contributed by atoms with Gasteiger partial charge in [-0.3, -0.25) is 19.3 Å². The van der Waals surface area contributed by atoms with Crippen molar-refractivity contribution < 1.29 is 29.3 Å². The van der Waals surface area contributed by atoms with Crippen LogP contribution in [-0.4, -0.2) is 167 Å². The van der Waals surface area contributed by atoms with Gasteiger partial charge in [-0.1, -0.05) is 44.9 Å². The number of ether oxygens (including phenoxy) is 1. The van der Waals surface area contributed by atoms with Crippen LogP contribution in [0.2, 0.25) is 0 Å². The van der Waals surface area contributed by atoms with E-state index in [-0.39, 0.29) is 48.9 Å². The number of nitrogens with zero attached hydrogens (tertiary/aromatic N) is 7. The van der Waals surface area contributed by atoms with Gasteiger partial charge in [0.25, 0.3) is 0 Å². The molecule has 1 spiro atoms. The summed E-state index contributed by atoms with van der Waals surface area (Å²) in [7, 11) is 1.55. The molecule has 3 atom stereocenters. The smallest absolute Gasteiger partial charge is 0.246 e. The first-order chi connectivity index (χ1) is 35.1. The van der Waals surface area contributed by atoms with Crippen LogP contribution >= 0.6 is 0 Å². The van der Waals surface area contributed by atoms with Crippen molar-refractivity contribution in [2.24, 2.45) is 16.7 Å². The number of aromatic hydroxyl groups is 1. The molecule has 0 radical (unpaired) electrons. The van der Waals surface area contributed by atoms with Gasteiger partial charge in [-0.25, -0.2) is 0 Å². The van der Waals surface area contributed by atoms with Crippen LogP contribution in [0.4, 0.5) is 11.5 Å². The number of aliphatic hydroxyl groups excluding tert-OH is 1. The van der Waals surface area contributed by atoms with E-state index in [1.165, 1.54) is 56.5 Å². The normalized spacial score (nSPS) is 26.2. The summed E-state index contributed by atoms with van der Waals surface area (Å²) in [6, 6.07) is 14.9. The number of methoxy groups -OCH3 is 1. The van der Waals surface area contributed by atoms with Crippen molar-refractivity contribution in [3.63, 3.8) is 0 Å². The van der Waals surface area contributed by atoms with E-state index in [9.17, 15) is 24.6 Å². The molecule has 5 heterocycles. The number of anilines is 2. The van der Waals surface area contributed by atoms with Crippen molar-refractivity contribution in [3.05, 3.63) is 59.7 Å². The van der Waals surface area contributed by atoms with Gasteiger partial charge in [0, 0.05) is 93.0 Å². The molecule has 2 aromatic carbocycles. The van der Waals surface area contributed by atoms with E-state index >= 15 is 0 Å². The minimum absolute atomic E-state index is 0.0276. The van der Waals surface area contributed by atoms with Gasteiger partial charge in [-0.05, 0) is 138 Å². The summed E-state index contributed by atoms with van der Waals surface area (Å²) < 4.78 is 5.49. The summed E-state index contributed by atoms with van der Waals surface area (Å²) >= 11 is 0. The molecule has 6 fully saturated rings. The fourth-order valence-electron chi connectivity index (χ4n) is 13.1. The number of aliphatic hydroxyl groups is 1. The SMILES string of the molecule is C#Cc1ccc(CNC(=O)[C@@H]2C[C@@H](O)CN2C(=O)[C@@H](NC(=O)C2CCC3(CC2)CC(N2CCC(N4CCC(N5CCN(c6cc(-c7ccccc7O)nnc6NCC)CC5)CC4)CC2)C3)C(C)(C)C)c(OC)c1. The number of β-amino-alcohol motifs (C(OH)–C–C–N with tert-alkyl or cyclic N) is 1. The molecule has 2 saturated carbocycles. The molecule has 6 aliphatic rings. The average molecular weight is 1000 g/mol. The fourth-order valence-corrected chi connectivity index (χ4v) is 13.1. The molecule has 0 unspecified atom stereocenters. The Labute approximate surface area is 433 Å². The van der Waals surface area contributed by atoms with E-state index in [2.05, 4.69) is 64.7 Å². The number of terminal acetylenes is 1. The van der Waals surface area contributed by atoms with Gasteiger partial charge >= 0.3 is 0 Å². The average Bonchev–Trinajstić information content (AvgIpc) is 3.80. The Hall–Kier alpha value is -5.47. The largest absolute Gasteiger partial charge is 0.507 e. The molecule has 394 valence electrons. The molecule has 16 nitrogen and oxygen atoms in total. The van der Waals surface area contributed by atoms with Crippen LogP contribution in [0.25, 0.3) is 11.3 Å². The van der Waals surface area contributed by atoms with Crippen molar-refractivity contribution in [1.82, 2.24) is 40.4 Å². The second-order valence-electron chi connectivity index (χ2n) is 23.0. The first kappa shape index (κ1) is 52.4. The number of likely N-dealkylation sites (tertiary alicyclic amines) is 3. The summed E-state index contributed by atoms with van der Waals surface area (Å²) in [6.07, 6.45) is 15.9. The molecule has 4 aliphatic heterocycles. The lowest BCUT2D eigenvalue weighted by molar-refractivity contribution is -0.145. The molecular weight excluding hydrogens is 921 g/mol. The number of hydrogen-bond donors (Lipinski definition) is 5. The molecule has 9 rings (SSSR count). The topological polar surface area (TPSA) is 179 Å². The number of piperazine rings is 1. The highest BCUT2D eigenvalue weighted by Crippen LogP contribution is 2.55. The first-order valence-corrected chi connectivity index (χ1v) is 27.2. The predicted molar refractivity (Wildman–Crippen MR) is 284 cm³/mol. The third-order valence-electron chi connectivity index (χ3n) is 17.4. The van der Waals surface area contributed by atoms with Gasteiger partial charge in [0.15, 0.2) is 5.82 Å². The van der Waals surface area contributed by atoms with Crippen LogP contribution in [-0.2, 0) is 20.9 Å². The number of phenols is 1. The number of amides is 3. The molecule has 73 heavy (non-hydrogen) atoms. The third-order valence-corrected chi connectivity index (χ3v) is 17.4. The minimum atomic E-state index is -0.868. The predicted octanol–water partition coefficient (Wildman–Crippen LogP) is 5.47. The van der Waals surface area contributed by atoms with Gasteiger partial charge in [-0.2, -0.15) is 0 Å². The summed E-state index contributed by atoms with van der Waals surface area (Å²) in [5, 5.41) is 39.7. The Morgan fingerprint density at radius 2 is 1.49 bits per heavy atom. The monoisotopic (exact) mass is 1000 g/mol. The molecule has 3 aromatic rings. The Balaban J connectivity index is 0.691. The van der Waals surface area contributed by atoms with Gasteiger partial charge in [0.1, 0.15) is 23.6 Å². The summed E-state index contributed by atoms with van der Waals surface area (Å²) in [5.74, 6) is 3.19. The highest BCUT2D eigenvalue weighted by Gasteiger charge is 2.50. The Bertz CT molecular complexity index is 2450. The molecule has 3 amide bonds. The van der Waals surface area contributed by atoms with E-state index in [0.717, 1.165) is 88.6 Å². The second-order valence-corrected chi connectivity index (χ2v) is 23.0. The molecular formula is C57H80N10O6. The van der Waals surface area contributed by atoms with Crippen LogP contribution in [0, 0.1) is 29.1 Å². The Morgan fingerprint density at radius 1 is 0.849 bits per heavy atom. The number of aromatic nitrogens is 2. The van der Waals surface area contributed by atoms with Gasteiger partial charge in [0.2, 0.25) is 17.7 Å². The number of carbonyl (C=O) groups excluding carboxylic acids is 3. The lowest BCUT2D eigenvalue weighted by Gasteiger charge is -2.56. The lowest BCUT2D eigenvalue weighted by atomic mass is 9.56. The lowest BCUT2D eigenvalue weighted by Crippen LogP contribution is -2.59. The zero-order chi connectivity index (χ0) is 51.4. The Morgan fingerprint density at radius 3 is 2.11 bits per heavy atom. The summed E-state index contributed by atoms with van der Waals surface area (Å²) in [4.78, 5) is 54.0. The van der Waals surface area contributed by atoms with Gasteiger partial charge in [-0.15, -0.1) is 16.6 Å². The summed E-state index contributed by atoms with van der Waals surface area (Å²) in [6.45, 7) is 17.4. The van der Waals surface area contributed by atoms with Crippen LogP contribution in [0.15, 0.2) is 48.5 Å². The quantitative estimate of drug-likeness (QED) is 0.129. The number of benzene rings is 2. The number of para-hydroxylation sites is 1. The fraction of sp³-hybridized carbons (Fsp3) is 0.632. The molecule has 0 bridgehead atoms. The number of piperidine rings is 2. The maximum Gasteiger partial charge on any atom is 0.246 e. The first-order valence-electron chi connectivity index (χ1n) is 27.2. The van der Waals surface area contributed by atoms with E-state index < -0.39 is 23.6 Å². The zero-order valence-electron chi connectivity index (χ0n) is 44.0. The second kappa shape index (κ2) is 22.6. The van der Waals surface area contributed by atoms with Crippen LogP contribution in [0.3, 0.4) is 0 Å². The number of nitrogens with one attached hydrogen (secondary N) is 3. The number of phenolic OH excluding ortho intramolecular Hbond substituents is 1. The van der Waals surface area contributed by atoms with E-state index in [1.54, 1.807) is 31.4 Å². The van der Waals surface area contributed by atoms with E-state index in [1.807, 2.05) is 39.0 Å². The van der Waals surface area contributed by atoms with Crippen molar-refractivity contribution in [3.8, 4) is 35.1 Å². The third kappa shape index (κ3) is 11.8. The maximum atomic E-state index is 14.3. The van der Waals surface area contributed by atoms with Crippen LogP contribution in [0.1, 0.15) is 109 Å². The summed E-state index contributed by atoms with van der Waals surface area (Å²) in [5.41, 5.74) is 3.52. The van der Waals surface area contributed by atoms with E-state index in [4.69, 9.17) is 11.2 Å². The number of carbonyl (C=O) groups is 3. The highest BCUT2D eigenvalue weighted by atomic mass is 16.5. The molecule has 5 N–H and O–H groups in total. The van der Waals surface area contributed by atoms with Crippen LogP contribution in [0.5, 0.6) is 11.5 Å².